The van der Waals surface area contributed by atoms with Crippen LogP contribution in [0.15, 0.2) is 24.3 Å². The van der Waals surface area contributed by atoms with E-state index in [1.54, 1.807) is 12.1 Å². The van der Waals surface area contributed by atoms with Crippen LogP contribution in [0.5, 0.6) is 0 Å². The van der Waals surface area contributed by atoms with E-state index >= 15 is 0 Å². The van der Waals surface area contributed by atoms with Crippen LogP contribution in [0.2, 0.25) is 0 Å². The summed E-state index contributed by atoms with van der Waals surface area (Å²) >= 11 is 0. The van der Waals surface area contributed by atoms with Crippen LogP contribution >= 0.6 is 0 Å². The van der Waals surface area contributed by atoms with Gasteiger partial charge in [0.15, 0.2) is 9.84 Å². The summed E-state index contributed by atoms with van der Waals surface area (Å²) in [5.74, 6) is 0.166. The normalized spacial score (nSPS) is 25.4. The zero-order valence-corrected chi connectivity index (χ0v) is 18.3. The van der Waals surface area contributed by atoms with Gasteiger partial charge in [-0.3, -0.25) is 9.69 Å². The van der Waals surface area contributed by atoms with Crippen LogP contribution < -0.4 is 4.90 Å². The zero-order valence-electron chi connectivity index (χ0n) is 17.5. The number of hydrogen-bond donors (Lipinski definition) is 0. The first kappa shape index (κ1) is 21.6. The first-order valence-corrected chi connectivity index (χ1v) is 13.0. The molecule has 0 spiro atoms. The highest BCUT2D eigenvalue weighted by atomic mass is 32.2. The molecule has 0 radical (unpaired) electrons. The lowest BCUT2D eigenvalue weighted by Crippen LogP contribution is -2.51. The van der Waals surface area contributed by atoms with Crippen LogP contribution in [-0.4, -0.2) is 80.4 Å². The van der Waals surface area contributed by atoms with Crippen molar-refractivity contribution in [2.75, 3.05) is 49.1 Å². The van der Waals surface area contributed by atoms with Crippen LogP contribution in [0.3, 0.4) is 0 Å². The Labute approximate surface area is 178 Å². The number of carbonyl (C=O) groups excluding carboxylic acids is 1. The summed E-state index contributed by atoms with van der Waals surface area (Å²) in [6.45, 7) is 3.63. The summed E-state index contributed by atoms with van der Waals surface area (Å²) in [6, 6.07) is 6.61. The first-order valence-electron chi connectivity index (χ1n) is 11.2. The fraction of sp³-hybridized carbons (Fsp3) is 0.682. The van der Waals surface area contributed by atoms with E-state index in [1.807, 2.05) is 4.90 Å². The summed E-state index contributed by atoms with van der Waals surface area (Å²) in [5.41, 5.74) is 1.01. The minimum atomic E-state index is -3.02. The van der Waals surface area contributed by atoms with Crippen LogP contribution in [0.4, 0.5) is 10.1 Å². The number of anilines is 1. The van der Waals surface area contributed by atoms with Gasteiger partial charge in [0.05, 0.1) is 18.1 Å². The molecule has 1 saturated carbocycles. The van der Waals surface area contributed by atoms with Crippen molar-refractivity contribution < 1.29 is 17.6 Å². The van der Waals surface area contributed by atoms with E-state index < -0.39 is 9.84 Å². The second kappa shape index (κ2) is 9.22. The molecule has 1 unspecified atom stereocenters. The molecular formula is C22H32FN3O3S. The van der Waals surface area contributed by atoms with Gasteiger partial charge in [-0.1, -0.05) is 12.8 Å². The topological polar surface area (TPSA) is 60.9 Å². The molecule has 6 nitrogen and oxygen atoms in total. The lowest BCUT2D eigenvalue weighted by atomic mass is 10.1. The lowest BCUT2D eigenvalue weighted by molar-refractivity contribution is -0.136. The highest BCUT2D eigenvalue weighted by molar-refractivity contribution is 7.91. The molecule has 1 aromatic carbocycles. The van der Waals surface area contributed by atoms with Gasteiger partial charge in [-0.05, 0) is 49.9 Å². The molecule has 1 aliphatic carbocycles. The first-order chi connectivity index (χ1) is 14.4. The third-order valence-corrected chi connectivity index (χ3v) is 8.50. The maximum atomic E-state index is 13.3. The third-order valence-electron chi connectivity index (χ3n) is 6.75. The number of sulfone groups is 1. The van der Waals surface area contributed by atoms with Gasteiger partial charge in [0, 0.05) is 44.0 Å². The predicted molar refractivity (Wildman–Crippen MR) is 116 cm³/mol. The van der Waals surface area contributed by atoms with E-state index in [0.29, 0.717) is 13.0 Å². The minimum Gasteiger partial charge on any atom is -0.370 e. The molecule has 8 heteroatoms. The summed E-state index contributed by atoms with van der Waals surface area (Å²) < 4.78 is 37.3. The van der Waals surface area contributed by atoms with Crippen LogP contribution in [0.25, 0.3) is 0 Å². The van der Waals surface area contributed by atoms with E-state index in [-0.39, 0.29) is 35.3 Å². The van der Waals surface area contributed by atoms with Crippen molar-refractivity contribution in [3.63, 3.8) is 0 Å². The Bertz CT molecular complexity index is 840. The molecule has 3 fully saturated rings. The Kier molecular flexibility index (Phi) is 6.63. The van der Waals surface area contributed by atoms with Crippen molar-refractivity contribution in [2.45, 2.75) is 50.6 Å². The SMILES string of the molecule is O=C(CN1CCCN(c2ccc(F)cc2)CC1)N(C1CCCC1)C1CCS(=O)(=O)C1. The van der Waals surface area contributed by atoms with Crippen LogP contribution in [0.1, 0.15) is 38.5 Å². The van der Waals surface area contributed by atoms with Crippen molar-refractivity contribution >= 4 is 21.4 Å². The molecule has 0 N–H and O–H groups in total. The number of hydrogen-bond acceptors (Lipinski definition) is 5. The Morgan fingerprint density at radius 3 is 2.37 bits per heavy atom. The van der Waals surface area contributed by atoms with Crippen molar-refractivity contribution in [3.8, 4) is 0 Å². The predicted octanol–water partition coefficient (Wildman–Crippen LogP) is 2.30. The van der Waals surface area contributed by atoms with Crippen molar-refractivity contribution in [2.24, 2.45) is 0 Å². The minimum absolute atomic E-state index is 0.0826. The summed E-state index contributed by atoms with van der Waals surface area (Å²) in [7, 11) is -3.02. The maximum Gasteiger partial charge on any atom is 0.237 e. The molecule has 166 valence electrons. The number of benzene rings is 1. The smallest absolute Gasteiger partial charge is 0.237 e. The fourth-order valence-electron chi connectivity index (χ4n) is 5.19. The van der Waals surface area contributed by atoms with Crippen molar-refractivity contribution in [3.05, 3.63) is 30.1 Å². The van der Waals surface area contributed by atoms with Crippen molar-refractivity contribution in [1.82, 2.24) is 9.80 Å². The molecule has 1 amide bonds. The van der Waals surface area contributed by atoms with Gasteiger partial charge in [0.25, 0.3) is 0 Å². The van der Waals surface area contributed by atoms with Crippen LogP contribution in [-0.2, 0) is 14.6 Å². The Morgan fingerprint density at radius 1 is 0.967 bits per heavy atom. The molecular weight excluding hydrogens is 405 g/mol. The second-order valence-electron chi connectivity index (χ2n) is 8.89. The Hall–Kier alpha value is -1.67. The molecule has 1 atom stereocenters. The van der Waals surface area contributed by atoms with Gasteiger partial charge >= 0.3 is 0 Å². The van der Waals surface area contributed by atoms with E-state index in [1.165, 1.54) is 12.1 Å². The number of halogens is 1. The number of carbonyl (C=O) groups is 1. The highest BCUT2D eigenvalue weighted by Gasteiger charge is 2.39. The lowest BCUT2D eigenvalue weighted by Gasteiger charge is -2.35. The number of nitrogens with zero attached hydrogens (tertiary/aromatic N) is 3. The Morgan fingerprint density at radius 2 is 1.70 bits per heavy atom. The molecule has 2 heterocycles. The van der Waals surface area contributed by atoms with Crippen molar-refractivity contribution in [1.29, 1.82) is 0 Å². The molecule has 4 rings (SSSR count). The molecule has 2 aliphatic heterocycles. The second-order valence-corrected chi connectivity index (χ2v) is 11.1. The van der Waals surface area contributed by atoms with Gasteiger partial charge in [-0.25, -0.2) is 12.8 Å². The van der Waals surface area contributed by atoms with E-state index in [0.717, 1.165) is 64.0 Å². The average Bonchev–Trinajstić information content (AvgIpc) is 3.28. The maximum absolute atomic E-state index is 13.3. The summed E-state index contributed by atoms with van der Waals surface area (Å²) in [4.78, 5) is 19.7. The summed E-state index contributed by atoms with van der Waals surface area (Å²) in [5, 5.41) is 0. The molecule has 1 aromatic rings. The molecule has 2 saturated heterocycles. The largest absolute Gasteiger partial charge is 0.370 e. The fourth-order valence-corrected chi connectivity index (χ4v) is 6.91. The standard InChI is InChI=1S/C22H32FN3O3S/c23-18-6-8-19(9-7-18)25-12-3-11-24(13-14-25)16-22(27)26(20-4-1-2-5-20)21-10-15-30(28,29)17-21/h6-9,20-21H,1-5,10-17H2. The Balaban J connectivity index is 1.39. The molecule has 0 aromatic heterocycles. The third kappa shape index (κ3) is 5.14. The highest BCUT2D eigenvalue weighted by Crippen LogP contribution is 2.29. The quantitative estimate of drug-likeness (QED) is 0.707. The number of rotatable bonds is 5. The van der Waals surface area contributed by atoms with Gasteiger partial charge < -0.3 is 9.80 Å². The monoisotopic (exact) mass is 437 g/mol. The van der Waals surface area contributed by atoms with Gasteiger partial charge in [-0.2, -0.15) is 0 Å². The molecule has 30 heavy (non-hydrogen) atoms. The van der Waals surface area contributed by atoms with Gasteiger partial charge in [0.2, 0.25) is 5.91 Å². The zero-order chi connectivity index (χ0) is 21.1. The van der Waals surface area contributed by atoms with Gasteiger partial charge in [0.1, 0.15) is 5.82 Å². The van der Waals surface area contributed by atoms with Gasteiger partial charge in [-0.15, -0.1) is 0 Å². The van der Waals surface area contributed by atoms with E-state index in [2.05, 4.69) is 9.80 Å². The van der Waals surface area contributed by atoms with E-state index in [9.17, 15) is 17.6 Å². The number of amides is 1. The van der Waals surface area contributed by atoms with E-state index in [4.69, 9.17) is 0 Å². The van der Waals surface area contributed by atoms with Crippen LogP contribution in [0, 0.1) is 5.82 Å². The average molecular weight is 438 g/mol. The summed E-state index contributed by atoms with van der Waals surface area (Å²) in [6.07, 6.45) is 5.71. The molecule has 3 aliphatic rings. The molecule has 0 bridgehead atoms.